The number of nitrogens with one attached hydrogen (secondary N) is 2. The van der Waals surface area contributed by atoms with Crippen molar-refractivity contribution in [1.82, 2.24) is 29.2 Å². The maximum absolute atomic E-state index is 13.3. The maximum atomic E-state index is 13.3. The van der Waals surface area contributed by atoms with Crippen LogP contribution in [0.5, 0.6) is 0 Å². The van der Waals surface area contributed by atoms with Crippen LogP contribution in [0.1, 0.15) is 21.5 Å². The van der Waals surface area contributed by atoms with Crippen LogP contribution in [0.4, 0.5) is 0 Å². The summed E-state index contributed by atoms with van der Waals surface area (Å²) in [4.78, 5) is 27.3. The van der Waals surface area contributed by atoms with Gasteiger partial charge in [0.15, 0.2) is 0 Å². The van der Waals surface area contributed by atoms with Gasteiger partial charge in [0.2, 0.25) is 20.0 Å². The lowest BCUT2D eigenvalue weighted by atomic mass is 10.00. The molecule has 0 radical (unpaired) electrons. The van der Waals surface area contributed by atoms with Crippen LogP contribution in [0.3, 0.4) is 0 Å². The van der Waals surface area contributed by atoms with Crippen LogP contribution in [0.25, 0.3) is 33.5 Å². The third kappa shape index (κ3) is 8.00. The van der Waals surface area contributed by atoms with E-state index in [-0.39, 0.29) is 19.0 Å². The Morgan fingerprint density at radius 1 is 0.721 bits per heavy atom. The number of rotatable bonds is 9. The minimum absolute atomic E-state index is 0.0534. The van der Waals surface area contributed by atoms with E-state index >= 15 is 0 Å². The van der Waals surface area contributed by atoms with Gasteiger partial charge in [0.1, 0.15) is 0 Å². The molecule has 11 nitrogen and oxygen atoms in total. The molecule has 1 amide bonds. The summed E-state index contributed by atoms with van der Waals surface area (Å²) in [5.74, 6) is -0.0534. The first-order chi connectivity index (χ1) is 20.3. The molecule has 0 spiro atoms. The molecule has 0 atom stereocenters. The number of nitrogens with zero attached hydrogens (tertiary/aromatic N) is 4. The van der Waals surface area contributed by atoms with E-state index in [1.807, 2.05) is 60.5 Å². The molecule has 5 rings (SSSR count). The molecule has 226 valence electrons. The number of benzene rings is 3. The van der Waals surface area contributed by atoms with E-state index in [1.54, 1.807) is 18.2 Å². The van der Waals surface area contributed by atoms with Crippen LogP contribution in [-0.4, -0.2) is 88.2 Å². The van der Waals surface area contributed by atoms with Gasteiger partial charge in [-0.2, -0.15) is 0 Å². The number of likely N-dealkylation sites (N-methyl/N-ethyl adjacent to an activating group) is 1. The summed E-state index contributed by atoms with van der Waals surface area (Å²) in [5.41, 5.74) is 5.73. The molecule has 0 bridgehead atoms. The van der Waals surface area contributed by atoms with Gasteiger partial charge < -0.3 is 9.80 Å². The van der Waals surface area contributed by atoms with Crippen molar-refractivity contribution in [2.45, 2.75) is 13.1 Å². The third-order valence-corrected chi connectivity index (χ3v) is 8.52. The highest BCUT2D eigenvalue weighted by Gasteiger charge is 2.22. The molecule has 2 N–H and O–H groups in total. The topological polar surface area (TPSA) is 142 Å². The minimum Gasteiger partial charge on any atom is -0.336 e. The molecule has 43 heavy (non-hydrogen) atoms. The standard InChI is InChI=1S/C30H34N6O5S2/c1-35-12-14-36(15-13-35)30(37)25-10-11-26-27(18-25)34-29(24-9-5-7-22(17-24)20-32-43(3,40)41)28(33-26)23-8-4-6-21(16-23)19-31-42(2,38)39/h4-11,16-18,31-32H,12-15,19-20H2,1-3H3. The van der Waals surface area contributed by atoms with Crippen molar-refractivity contribution in [3.8, 4) is 22.5 Å². The van der Waals surface area contributed by atoms with E-state index in [9.17, 15) is 21.6 Å². The first-order valence-corrected chi connectivity index (χ1v) is 17.5. The van der Waals surface area contributed by atoms with Crippen molar-refractivity contribution >= 4 is 37.0 Å². The van der Waals surface area contributed by atoms with Gasteiger partial charge in [-0.15, -0.1) is 0 Å². The summed E-state index contributed by atoms with van der Waals surface area (Å²) >= 11 is 0. The van der Waals surface area contributed by atoms with Crippen molar-refractivity contribution in [3.05, 3.63) is 83.4 Å². The summed E-state index contributed by atoms with van der Waals surface area (Å²) in [7, 11) is -4.74. The number of hydrogen-bond donors (Lipinski definition) is 2. The lowest BCUT2D eigenvalue weighted by molar-refractivity contribution is 0.0664. The van der Waals surface area contributed by atoms with E-state index in [4.69, 9.17) is 9.97 Å². The second-order valence-electron chi connectivity index (χ2n) is 10.8. The Labute approximate surface area is 252 Å². The molecule has 1 saturated heterocycles. The van der Waals surface area contributed by atoms with Gasteiger partial charge in [0.25, 0.3) is 5.91 Å². The number of hydrogen-bond acceptors (Lipinski definition) is 8. The number of piperazine rings is 1. The summed E-state index contributed by atoms with van der Waals surface area (Å²) in [6.07, 6.45) is 2.22. The van der Waals surface area contributed by atoms with E-state index in [2.05, 4.69) is 14.3 Å². The van der Waals surface area contributed by atoms with Crippen molar-refractivity contribution in [2.75, 3.05) is 45.7 Å². The zero-order valence-electron chi connectivity index (χ0n) is 24.2. The number of sulfonamides is 2. The molecular formula is C30H34N6O5S2. The van der Waals surface area contributed by atoms with Crippen LogP contribution in [-0.2, 0) is 33.1 Å². The van der Waals surface area contributed by atoms with Gasteiger partial charge >= 0.3 is 0 Å². The summed E-state index contributed by atoms with van der Waals surface area (Å²) in [5, 5.41) is 0. The monoisotopic (exact) mass is 622 g/mol. The predicted octanol–water partition coefficient (Wildman–Crippen LogP) is 2.45. The molecule has 3 aromatic carbocycles. The first kappa shape index (κ1) is 30.7. The number of fused-ring (bicyclic) bond motifs is 1. The summed E-state index contributed by atoms with van der Waals surface area (Å²) in [6, 6.07) is 20.1. The van der Waals surface area contributed by atoms with Crippen LogP contribution >= 0.6 is 0 Å². The molecule has 2 heterocycles. The molecule has 1 aromatic heterocycles. The molecule has 0 aliphatic carbocycles. The van der Waals surface area contributed by atoms with E-state index in [0.29, 0.717) is 46.6 Å². The van der Waals surface area contributed by atoms with E-state index in [1.165, 1.54) is 0 Å². The van der Waals surface area contributed by atoms with Gasteiger partial charge in [-0.25, -0.2) is 36.2 Å². The molecule has 4 aromatic rings. The third-order valence-electron chi connectivity index (χ3n) is 7.18. The Hall–Kier alpha value is -3.75. The van der Waals surface area contributed by atoms with Gasteiger partial charge in [-0.05, 0) is 48.5 Å². The second kappa shape index (κ2) is 12.5. The summed E-state index contributed by atoms with van der Waals surface area (Å²) in [6.45, 7) is 3.17. The quantitative estimate of drug-likeness (QED) is 0.290. The van der Waals surface area contributed by atoms with E-state index < -0.39 is 20.0 Å². The molecular weight excluding hydrogens is 589 g/mol. The second-order valence-corrected chi connectivity index (χ2v) is 14.5. The number of carbonyl (C=O) groups is 1. The summed E-state index contributed by atoms with van der Waals surface area (Å²) < 4.78 is 51.8. The zero-order valence-corrected chi connectivity index (χ0v) is 25.9. The predicted molar refractivity (Wildman–Crippen MR) is 167 cm³/mol. The van der Waals surface area contributed by atoms with Crippen molar-refractivity contribution in [3.63, 3.8) is 0 Å². The highest BCUT2D eigenvalue weighted by molar-refractivity contribution is 7.88. The largest absolute Gasteiger partial charge is 0.336 e. The lowest BCUT2D eigenvalue weighted by Gasteiger charge is -2.32. The molecule has 13 heteroatoms. The SMILES string of the molecule is CN1CCN(C(=O)c2ccc3nc(-c4cccc(CNS(C)(=O)=O)c4)c(-c4cccc(CNS(C)(=O)=O)c4)nc3c2)CC1. The first-order valence-electron chi connectivity index (χ1n) is 13.7. The molecule has 0 unspecified atom stereocenters. The van der Waals surface area contributed by atoms with Gasteiger partial charge in [-0.3, -0.25) is 4.79 Å². The number of aromatic nitrogens is 2. The van der Waals surface area contributed by atoms with E-state index in [0.717, 1.165) is 42.3 Å². The Morgan fingerprint density at radius 3 is 1.74 bits per heavy atom. The Morgan fingerprint density at radius 2 is 1.23 bits per heavy atom. The maximum Gasteiger partial charge on any atom is 0.254 e. The van der Waals surface area contributed by atoms with Crippen molar-refractivity contribution < 1.29 is 21.6 Å². The lowest BCUT2D eigenvalue weighted by Crippen LogP contribution is -2.47. The van der Waals surface area contributed by atoms with Gasteiger partial charge in [-0.1, -0.05) is 36.4 Å². The average Bonchev–Trinajstić information content (AvgIpc) is 2.98. The number of amides is 1. The Bertz CT molecular complexity index is 1890. The normalized spacial score (nSPS) is 14.7. The fourth-order valence-electron chi connectivity index (χ4n) is 4.87. The molecule has 0 saturated carbocycles. The zero-order chi connectivity index (χ0) is 30.8. The minimum atomic E-state index is -3.39. The molecule has 1 aliphatic rings. The Balaban J connectivity index is 1.59. The molecule has 1 aliphatic heterocycles. The van der Waals surface area contributed by atoms with Crippen molar-refractivity contribution in [2.24, 2.45) is 0 Å². The van der Waals surface area contributed by atoms with Crippen LogP contribution < -0.4 is 9.44 Å². The average molecular weight is 623 g/mol. The molecule has 1 fully saturated rings. The van der Waals surface area contributed by atoms with Crippen LogP contribution in [0, 0.1) is 0 Å². The fraction of sp³-hybridized carbons (Fsp3) is 0.300. The highest BCUT2D eigenvalue weighted by Crippen LogP contribution is 2.32. The van der Waals surface area contributed by atoms with Crippen LogP contribution in [0.2, 0.25) is 0 Å². The van der Waals surface area contributed by atoms with Crippen LogP contribution in [0.15, 0.2) is 66.7 Å². The highest BCUT2D eigenvalue weighted by atomic mass is 32.2. The smallest absolute Gasteiger partial charge is 0.254 e. The fourth-order valence-corrected chi connectivity index (χ4v) is 5.73. The van der Waals surface area contributed by atoms with Gasteiger partial charge in [0, 0.05) is 56.0 Å². The number of carbonyl (C=O) groups excluding carboxylic acids is 1. The van der Waals surface area contributed by atoms with Crippen molar-refractivity contribution in [1.29, 1.82) is 0 Å². The van der Waals surface area contributed by atoms with Gasteiger partial charge in [0.05, 0.1) is 34.9 Å². The Kier molecular flexibility index (Phi) is 8.90.